The van der Waals surface area contributed by atoms with Crippen LogP contribution in [0.25, 0.3) is 0 Å². The quantitative estimate of drug-likeness (QED) is 0.689. The highest BCUT2D eigenvalue weighted by Gasteiger charge is 2.30. The van der Waals surface area contributed by atoms with Gasteiger partial charge in [-0.3, -0.25) is 14.5 Å². The Morgan fingerprint density at radius 2 is 2.33 bits per heavy atom. The van der Waals surface area contributed by atoms with E-state index < -0.39 is 11.9 Å². The first-order valence-corrected chi connectivity index (χ1v) is 5.30. The van der Waals surface area contributed by atoms with Crippen molar-refractivity contribution in [3.8, 4) is 0 Å². The molecule has 1 amide bonds. The molecule has 1 saturated heterocycles. The summed E-state index contributed by atoms with van der Waals surface area (Å²) in [5, 5.41) is 11.6. The van der Waals surface area contributed by atoms with E-state index >= 15 is 0 Å². The first kappa shape index (κ1) is 12.0. The number of amides is 1. The molecule has 1 heterocycles. The summed E-state index contributed by atoms with van der Waals surface area (Å²) in [6.07, 6.45) is 0.921. The van der Waals surface area contributed by atoms with Gasteiger partial charge in [-0.2, -0.15) is 0 Å². The number of nitrogens with zero attached hydrogens (tertiary/aromatic N) is 1. The third kappa shape index (κ3) is 2.92. The average molecular weight is 214 g/mol. The zero-order chi connectivity index (χ0) is 11.4. The lowest BCUT2D eigenvalue weighted by atomic mass is 10.1. The summed E-state index contributed by atoms with van der Waals surface area (Å²) < 4.78 is 0. The van der Waals surface area contributed by atoms with Crippen molar-refractivity contribution in [2.45, 2.75) is 26.3 Å². The topological polar surface area (TPSA) is 69.6 Å². The molecule has 86 valence electrons. The Morgan fingerprint density at radius 1 is 1.67 bits per heavy atom. The summed E-state index contributed by atoms with van der Waals surface area (Å²) in [6, 6.07) is -0.228. The molecule has 0 aromatic rings. The van der Waals surface area contributed by atoms with Crippen molar-refractivity contribution in [3.63, 3.8) is 0 Å². The van der Waals surface area contributed by atoms with Crippen LogP contribution < -0.4 is 5.32 Å². The van der Waals surface area contributed by atoms with Gasteiger partial charge in [-0.05, 0) is 19.9 Å². The monoisotopic (exact) mass is 214 g/mol. The standard InChI is InChI=1S/C10H18N2O3/c1-3-4-12-6-8(10(14)15)5-11-9(13)7(12)2/h7-8H,3-6H2,1-2H3,(H,11,13)(H,14,15). The molecule has 1 rings (SSSR count). The summed E-state index contributed by atoms with van der Waals surface area (Å²) >= 11 is 0. The molecule has 1 fully saturated rings. The lowest BCUT2D eigenvalue weighted by Crippen LogP contribution is -2.42. The largest absolute Gasteiger partial charge is 0.481 e. The Bertz CT molecular complexity index is 255. The molecular weight excluding hydrogens is 196 g/mol. The first-order chi connectivity index (χ1) is 7.06. The minimum absolute atomic E-state index is 0.0767. The molecule has 5 nitrogen and oxygen atoms in total. The second-order valence-electron chi connectivity index (χ2n) is 3.95. The van der Waals surface area contributed by atoms with Crippen molar-refractivity contribution in [2.24, 2.45) is 5.92 Å². The van der Waals surface area contributed by atoms with Gasteiger partial charge in [0.05, 0.1) is 12.0 Å². The van der Waals surface area contributed by atoms with Crippen LogP contribution in [-0.4, -0.2) is 47.6 Å². The van der Waals surface area contributed by atoms with E-state index in [1.807, 2.05) is 18.7 Å². The van der Waals surface area contributed by atoms with Crippen molar-refractivity contribution in [1.82, 2.24) is 10.2 Å². The van der Waals surface area contributed by atoms with Gasteiger partial charge in [0, 0.05) is 13.1 Å². The summed E-state index contributed by atoms with van der Waals surface area (Å²) in [5.74, 6) is -1.41. The molecule has 2 atom stereocenters. The zero-order valence-corrected chi connectivity index (χ0v) is 9.19. The second kappa shape index (κ2) is 5.11. The SMILES string of the molecule is CCCN1CC(C(=O)O)CNC(=O)C1C. The van der Waals surface area contributed by atoms with Crippen molar-refractivity contribution >= 4 is 11.9 Å². The van der Waals surface area contributed by atoms with Crippen LogP contribution in [0.5, 0.6) is 0 Å². The number of rotatable bonds is 3. The van der Waals surface area contributed by atoms with Gasteiger partial charge in [-0.25, -0.2) is 0 Å². The van der Waals surface area contributed by atoms with E-state index in [4.69, 9.17) is 5.11 Å². The fraction of sp³-hybridized carbons (Fsp3) is 0.800. The predicted molar refractivity (Wildman–Crippen MR) is 55.5 cm³/mol. The highest BCUT2D eigenvalue weighted by Crippen LogP contribution is 2.10. The molecule has 2 unspecified atom stereocenters. The minimum atomic E-state index is -0.842. The summed E-state index contributed by atoms with van der Waals surface area (Å²) in [7, 11) is 0. The Balaban J connectivity index is 2.72. The highest BCUT2D eigenvalue weighted by atomic mass is 16.4. The number of nitrogens with one attached hydrogen (secondary N) is 1. The maximum Gasteiger partial charge on any atom is 0.309 e. The van der Waals surface area contributed by atoms with Crippen molar-refractivity contribution < 1.29 is 14.7 Å². The van der Waals surface area contributed by atoms with Crippen LogP contribution in [0.2, 0.25) is 0 Å². The lowest BCUT2D eigenvalue weighted by molar-refractivity contribution is -0.142. The summed E-state index contributed by atoms with van der Waals surface area (Å²) in [6.45, 7) is 5.28. The van der Waals surface area contributed by atoms with Gasteiger partial charge in [0.2, 0.25) is 5.91 Å². The van der Waals surface area contributed by atoms with Gasteiger partial charge in [-0.15, -0.1) is 0 Å². The van der Waals surface area contributed by atoms with Crippen LogP contribution >= 0.6 is 0 Å². The first-order valence-electron chi connectivity index (χ1n) is 5.30. The van der Waals surface area contributed by atoms with E-state index in [1.54, 1.807) is 0 Å². The Kier molecular flexibility index (Phi) is 4.08. The van der Waals surface area contributed by atoms with Gasteiger partial charge >= 0.3 is 5.97 Å². The number of hydrogen-bond donors (Lipinski definition) is 2. The number of carbonyl (C=O) groups excluding carboxylic acids is 1. The fourth-order valence-corrected chi connectivity index (χ4v) is 1.78. The molecule has 1 aliphatic rings. The predicted octanol–water partition coefficient (Wildman–Crippen LogP) is -0.0825. The third-order valence-corrected chi connectivity index (χ3v) is 2.76. The van der Waals surface area contributed by atoms with E-state index in [0.29, 0.717) is 6.54 Å². The smallest absolute Gasteiger partial charge is 0.309 e. The molecule has 0 aromatic heterocycles. The number of carboxylic acid groups (broad SMARTS) is 1. The molecule has 0 spiro atoms. The van der Waals surface area contributed by atoms with E-state index in [1.165, 1.54) is 0 Å². The molecule has 0 bridgehead atoms. The molecule has 1 aliphatic heterocycles. The third-order valence-electron chi connectivity index (χ3n) is 2.76. The molecule has 5 heteroatoms. The van der Waals surface area contributed by atoms with Gasteiger partial charge in [-0.1, -0.05) is 6.92 Å². The van der Waals surface area contributed by atoms with Crippen LogP contribution in [0, 0.1) is 5.92 Å². The molecular formula is C10H18N2O3. The molecule has 0 radical (unpaired) electrons. The van der Waals surface area contributed by atoms with Crippen LogP contribution in [0.4, 0.5) is 0 Å². The Labute approximate surface area is 89.4 Å². The fourth-order valence-electron chi connectivity index (χ4n) is 1.78. The van der Waals surface area contributed by atoms with Gasteiger partial charge in [0.15, 0.2) is 0 Å². The van der Waals surface area contributed by atoms with E-state index in [-0.39, 0.29) is 18.5 Å². The maximum atomic E-state index is 11.5. The van der Waals surface area contributed by atoms with Crippen LogP contribution in [0.1, 0.15) is 20.3 Å². The van der Waals surface area contributed by atoms with E-state index in [9.17, 15) is 9.59 Å². The van der Waals surface area contributed by atoms with Crippen LogP contribution in [0.15, 0.2) is 0 Å². The summed E-state index contributed by atoms with van der Waals surface area (Å²) in [5.41, 5.74) is 0. The van der Waals surface area contributed by atoms with Crippen LogP contribution in [0.3, 0.4) is 0 Å². The molecule has 0 aliphatic carbocycles. The zero-order valence-electron chi connectivity index (χ0n) is 9.19. The van der Waals surface area contributed by atoms with E-state index in [0.717, 1.165) is 13.0 Å². The lowest BCUT2D eigenvalue weighted by Gasteiger charge is -2.25. The van der Waals surface area contributed by atoms with Gasteiger partial charge < -0.3 is 10.4 Å². The van der Waals surface area contributed by atoms with Crippen molar-refractivity contribution in [2.75, 3.05) is 19.6 Å². The van der Waals surface area contributed by atoms with Crippen molar-refractivity contribution in [3.05, 3.63) is 0 Å². The number of carboxylic acids is 1. The second-order valence-corrected chi connectivity index (χ2v) is 3.95. The molecule has 0 aromatic carbocycles. The van der Waals surface area contributed by atoms with E-state index in [2.05, 4.69) is 5.32 Å². The van der Waals surface area contributed by atoms with Gasteiger partial charge in [0.25, 0.3) is 0 Å². The van der Waals surface area contributed by atoms with Crippen LogP contribution in [-0.2, 0) is 9.59 Å². The Hall–Kier alpha value is -1.10. The molecule has 15 heavy (non-hydrogen) atoms. The summed E-state index contributed by atoms with van der Waals surface area (Å²) in [4.78, 5) is 24.3. The average Bonchev–Trinajstić information content (AvgIpc) is 2.32. The van der Waals surface area contributed by atoms with Gasteiger partial charge in [0.1, 0.15) is 0 Å². The normalized spacial score (nSPS) is 28.3. The highest BCUT2D eigenvalue weighted by molar-refractivity contribution is 5.82. The molecule has 2 N–H and O–H groups in total. The Morgan fingerprint density at radius 3 is 2.87 bits per heavy atom. The number of aliphatic carboxylic acids is 1. The molecule has 0 saturated carbocycles. The van der Waals surface area contributed by atoms with Crippen molar-refractivity contribution in [1.29, 1.82) is 0 Å². The number of hydrogen-bond acceptors (Lipinski definition) is 3. The number of carbonyl (C=O) groups is 2. The minimum Gasteiger partial charge on any atom is -0.481 e. The maximum absolute atomic E-state index is 11.5.